The van der Waals surface area contributed by atoms with E-state index in [1.54, 1.807) is 19.2 Å². The predicted octanol–water partition coefficient (Wildman–Crippen LogP) is 3.63. The molecule has 0 unspecified atom stereocenters. The van der Waals surface area contributed by atoms with Crippen molar-refractivity contribution >= 4 is 23.8 Å². The molecule has 1 aromatic carbocycles. The molecule has 7 heteroatoms. The highest BCUT2D eigenvalue weighted by molar-refractivity contribution is 6.33. The molecule has 0 aliphatic rings. The Kier molecular flexibility index (Phi) is 5.38. The Bertz CT molecular complexity index is 684. The van der Waals surface area contributed by atoms with Gasteiger partial charge in [-0.05, 0) is 25.5 Å². The molecule has 0 amide bonds. The summed E-state index contributed by atoms with van der Waals surface area (Å²) in [4.78, 5) is 4.01. The third-order valence-corrected chi connectivity index (χ3v) is 3.32. The average molecular weight is 325 g/mol. The number of imidazole rings is 1. The fraction of sp³-hybridized carbons (Fsp3) is 0.333. The van der Waals surface area contributed by atoms with Crippen LogP contribution in [0.5, 0.6) is 5.75 Å². The molecule has 0 atom stereocenters. The summed E-state index contributed by atoms with van der Waals surface area (Å²) in [5, 5.41) is 4.33. The largest absolute Gasteiger partial charge is 0.490 e. The van der Waals surface area contributed by atoms with Gasteiger partial charge < -0.3 is 10.5 Å². The number of ether oxygens (including phenoxy) is 1. The highest BCUT2D eigenvalue weighted by Gasteiger charge is 2.12. The normalized spacial score (nSPS) is 11.3. The Morgan fingerprint density at radius 1 is 1.50 bits per heavy atom. The van der Waals surface area contributed by atoms with Crippen LogP contribution >= 0.6 is 11.6 Å². The van der Waals surface area contributed by atoms with Crippen LogP contribution in [0.1, 0.15) is 31.0 Å². The second-order valence-electron chi connectivity index (χ2n) is 4.80. The van der Waals surface area contributed by atoms with Crippen LogP contribution in [0.3, 0.4) is 0 Å². The van der Waals surface area contributed by atoms with Gasteiger partial charge in [0, 0.05) is 0 Å². The lowest BCUT2D eigenvalue weighted by Gasteiger charge is -2.09. The molecule has 0 bridgehead atoms. The van der Waals surface area contributed by atoms with Crippen LogP contribution in [0.25, 0.3) is 0 Å². The molecule has 5 nitrogen and oxygen atoms in total. The second-order valence-corrected chi connectivity index (χ2v) is 5.21. The Hall–Kier alpha value is -2.08. The number of nitrogens with two attached hydrogens (primary N) is 1. The minimum atomic E-state index is -0.539. The van der Waals surface area contributed by atoms with Crippen molar-refractivity contribution in [2.45, 2.75) is 26.7 Å². The van der Waals surface area contributed by atoms with Gasteiger partial charge in [-0.1, -0.05) is 24.9 Å². The maximum absolute atomic E-state index is 14.4. The number of hydrogen-bond acceptors (Lipinski definition) is 4. The van der Waals surface area contributed by atoms with Crippen molar-refractivity contribution in [2.75, 3.05) is 12.3 Å². The van der Waals surface area contributed by atoms with Gasteiger partial charge >= 0.3 is 0 Å². The van der Waals surface area contributed by atoms with Gasteiger partial charge in [-0.15, -0.1) is 0 Å². The van der Waals surface area contributed by atoms with Gasteiger partial charge in [-0.25, -0.2) is 14.1 Å². The van der Waals surface area contributed by atoms with Crippen LogP contribution in [0.2, 0.25) is 5.02 Å². The monoisotopic (exact) mass is 324 g/mol. The van der Waals surface area contributed by atoms with Gasteiger partial charge in [0.25, 0.3) is 0 Å². The van der Waals surface area contributed by atoms with Gasteiger partial charge in [0.15, 0.2) is 11.6 Å². The Morgan fingerprint density at radius 3 is 2.91 bits per heavy atom. The van der Waals surface area contributed by atoms with Gasteiger partial charge in [-0.2, -0.15) is 5.10 Å². The first-order chi connectivity index (χ1) is 10.5. The van der Waals surface area contributed by atoms with Crippen LogP contribution in [0, 0.1) is 12.7 Å². The van der Waals surface area contributed by atoms with E-state index in [4.69, 9.17) is 22.1 Å². The number of rotatable bonds is 6. The average Bonchev–Trinajstić information content (AvgIpc) is 2.79. The number of nitrogens with zero attached hydrogens (tertiary/aromatic N) is 3. The zero-order valence-electron chi connectivity index (χ0n) is 12.5. The molecular formula is C15H18ClFN4O. The van der Waals surface area contributed by atoms with Crippen molar-refractivity contribution in [3.8, 4) is 5.75 Å². The molecule has 2 rings (SSSR count). The molecule has 0 aliphatic carbocycles. The number of nitrogen functional groups attached to an aromatic ring is 1. The summed E-state index contributed by atoms with van der Waals surface area (Å²) in [5.74, 6) is -0.155. The van der Waals surface area contributed by atoms with E-state index in [0.717, 1.165) is 18.5 Å². The number of anilines is 1. The van der Waals surface area contributed by atoms with Crippen LogP contribution in [0.4, 0.5) is 10.3 Å². The van der Waals surface area contributed by atoms with Gasteiger partial charge in [0.05, 0.1) is 35.3 Å². The van der Waals surface area contributed by atoms with Crippen LogP contribution in [0.15, 0.2) is 23.4 Å². The van der Waals surface area contributed by atoms with Crippen molar-refractivity contribution in [3.05, 3.63) is 40.4 Å². The highest BCUT2D eigenvalue weighted by Crippen LogP contribution is 2.26. The van der Waals surface area contributed by atoms with Crippen LogP contribution < -0.4 is 10.5 Å². The molecule has 0 saturated heterocycles. The zero-order valence-corrected chi connectivity index (χ0v) is 13.3. The Balaban J connectivity index is 2.26. The van der Waals surface area contributed by atoms with E-state index in [2.05, 4.69) is 10.1 Å². The summed E-state index contributed by atoms with van der Waals surface area (Å²) in [7, 11) is 0. The molecule has 2 aromatic rings. The molecule has 1 aromatic heterocycles. The van der Waals surface area contributed by atoms with E-state index in [0.29, 0.717) is 6.61 Å². The number of hydrogen-bond donors (Lipinski definition) is 1. The SMILES string of the molecule is CCCCOc1ccc(Cl)c(C=Nn2cc(C)nc2N)c1F. The minimum Gasteiger partial charge on any atom is -0.490 e. The van der Waals surface area contributed by atoms with E-state index < -0.39 is 5.82 Å². The molecule has 0 radical (unpaired) electrons. The second kappa shape index (κ2) is 7.26. The lowest BCUT2D eigenvalue weighted by Crippen LogP contribution is -2.02. The van der Waals surface area contributed by atoms with Crippen molar-refractivity contribution in [2.24, 2.45) is 5.10 Å². The third kappa shape index (κ3) is 3.76. The third-order valence-electron chi connectivity index (χ3n) is 2.99. The molecule has 118 valence electrons. The summed E-state index contributed by atoms with van der Waals surface area (Å²) in [6.07, 6.45) is 4.78. The molecule has 0 saturated carbocycles. The summed E-state index contributed by atoms with van der Waals surface area (Å²) in [5.41, 5.74) is 6.55. The van der Waals surface area contributed by atoms with Gasteiger partial charge in [-0.3, -0.25) is 0 Å². The van der Waals surface area contributed by atoms with Crippen molar-refractivity contribution in [1.29, 1.82) is 0 Å². The molecule has 22 heavy (non-hydrogen) atoms. The van der Waals surface area contributed by atoms with Crippen molar-refractivity contribution < 1.29 is 9.13 Å². The first kappa shape index (κ1) is 16.3. The van der Waals surface area contributed by atoms with Gasteiger partial charge in [0.2, 0.25) is 5.95 Å². The van der Waals surface area contributed by atoms with Crippen molar-refractivity contribution in [1.82, 2.24) is 9.66 Å². The maximum Gasteiger partial charge on any atom is 0.221 e. The van der Waals surface area contributed by atoms with E-state index >= 15 is 0 Å². The number of benzene rings is 1. The van der Waals surface area contributed by atoms with E-state index in [-0.39, 0.29) is 22.3 Å². The summed E-state index contributed by atoms with van der Waals surface area (Å²) < 4.78 is 21.2. The first-order valence-corrected chi connectivity index (χ1v) is 7.37. The smallest absolute Gasteiger partial charge is 0.221 e. The van der Waals surface area contributed by atoms with Crippen LogP contribution in [-0.2, 0) is 0 Å². The quantitative estimate of drug-likeness (QED) is 0.652. The fourth-order valence-corrected chi connectivity index (χ4v) is 2.02. The fourth-order valence-electron chi connectivity index (χ4n) is 1.82. The molecule has 0 aliphatic heterocycles. The Morgan fingerprint density at radius 2 is 2.27 bits per heavy atom. The van der Waals surface area contributed by atoms with Crippen LogP contribution in [-0.4, -0.2) is 22.5 Å². The summed E-state index contributed by atoms with van der Waals surface area (Å²) in [6.45, 7) is 4.29. The number of unbranched alkanes of at least 4 members (excludes halogenated alkanes) is 1. The lowest BCUT2D eigenvalue weighted by molar-refractivity contribution is 0.294. The predicted molar refractivity (Wildman–Crippen MR) is 86.2 cm³/mol. The molecule has 1 heterocycles. The number of aromatic nitrogens is 2. The van der Waals surface area contributed by atoms with E-state index in [9.17, 15) is 4.39 Å². The molecular weight excluding hydrogens is 307 g/mol. The van der Waals surface area contributed by atoms with E-state index in [1.165, 1.54) is 17.0 Å². The maximum atomic E-state index is 14.4. The minimum absolute atomic E-state index is 0.154. The number of halogens is 2. The number of aryl methyl sites for hydroxylation is 1. The zero-order chi connectivity index (χ0) is 16.1. The molecule has 2 N–H and O–H groups in total. The highest BCUT2D eigenvalue weighted by atomic mass is 35.5. The summed E-state index contributed by atoms with van der Waals surface area (Å²) in [6, 6.07) is 3.09. The molecule has 0 spiro atoms. The standard InChI is InChI=1S/C15H18ClFN4O/c1-3-4-7-22-13-6-5-12(16)11(14(13)17)8-19-21-9-10(2)20-15(21)18/h5-6,8-9H,3-4,7H2,1-2H3,(H2,18,20). The van der Waals surface area contributed by atoms with Crippen molar-refractivity contribution in [3.63, 3.8) is 0 Å². The summed E-state index contributed by atoms with van der Waals surface area (Å²) >= 11 is 6.03. The molecule has 0 fully saturated rings. The topological polar surface area (TPSA) is 65.4 Å². The van der Waals surface area contributed by atoms with Gasteiger partial charge in [0.1, 0.15) is 0 Å². The Labute approximate surface area is 133 Å². The lowest BCUT2D eigenvalue weighted by atomic mass is 10.2. The first-order valence-electron chi connectivity index (χ1n) is 6.99. The van der Waals surface area contributed by atoms with E-state index in [1.807, 2.05) is 6.92 Å².